The van der Waals surface area contributed by atoms with Crippen LogP contribution < -0.4 is 10.6 Å². The first kappa shape index (κ1) is 20.3. The van der Waals surface area contributed by atoms with Crippen molar-refractivity contribution in [3.05, 3.63) is 24.3 Å². The molecule has 2 aliphatic heterocycles. The summed E-state index contributed by atoms with van der Waals surface area (Å²) in [6.45, 7) is 3.42. The third kappa shape index (κ3) is 4.35. The first-order valence-electron chi connectivity index (χ1n) is 9.11. The quantitative estimate of drug-likeness (QED) is 0.355. The number of aliphatic hydroxyl groups excluding tert-OH is 5. The second-order valence-corrected chi connectivity index (χ2v) is 7.23. The molecule has 0 saturated carbocycles. The summed E-state index contributed by atoms with van der Waals surface area (Å²) in [7, 11) is 0. The predicted molar refractivity (Wildman–Crippen MR) is 97.0 cm³/mol. The highest BCUT2D eigenvalue weighted by molar-refractivity contribution is 5.69. The van der Waals surface area contributed by atoms with Gasteiger partial charge in [-0.15, -0.1) is 0 Å². The molecule has 2 fully saturated rings. The lowest BCUT2D eigenvalue weighted by molar-refractivity contribution is -0.209. The monoisotopic (exact) mass is 384 g/mol. The topological polar surface area (TPSA) is 144 Å². The van der Waals surface area contributed by atoms with Gasteiger partial charge in [-0.2, -0.15) is 0 Å². The zero-order valence-corrected chi connectivity index (χ0v) is 15.3. The minimum absolute atomic E-state index is 0.220. The van der Waals surface area contributed by atoms with Gasteiger partial charge in [0, 0.05) is 6.42 Å². The van der Waals surface area contributed by atoms with Crippen LogP contribution in [-0.4, -0.2) is 80.7 Å². The third-order valence-electron chi connectivity index (χ3n) is 5.03. The maximum atomic E-state index is 10.2. The molecule has 1 aromatic rings. The summed E-state index contributed by atoms with van der Waals surface area (Å²) < 4.78 is 11.3. The average Bonchev–Trinajstić information content (AvgIpc) is 2.63. The first-order chi connectivity index (χ1) is 12.8. The van der Waals surface area contributed by atoms with E-state index in [1.807, 2.05) is 6.92 Å². The minimum atomic E-state index is -1.34. The molecule has 0 aromatic heterocycles. The third-order valence-corrected chi connectivity index (χ3v) is 5.03. The fraction of sp³-hybridized carbons (Fsp3) is 0.667. The van der Waals surface area contributed by atoms with Crippen LogP contribution >= 0.6 is 0 Å². The molecule has 0 spiro atoms. The SMILES string of the molecule is C[C@@H]1C[C@@H](O)[C@H](O)[C@H](Nc2ccccc2N[C@H]2O[C@@H](C)[C@@H](O)[C@@H](O)[C@H]2O)O1. The smallest absolute Gasteiger partial charge is 0.157 e. The second-order valence-electron chi connectivity index (χ2n) is 7.23. The standard InChI is InChI=1S/C18H28N2O7/c1-8-7-12(21)14(23)17(26-8)19-10-5-3-4-6-11(10)20-18-16(25)15(24)13(22)9(2)27-18/h3-6,8-9,12-25H,7H2,1-2H3/t8-,9+,12-,13-,14+,15-,16-,17-,18+/m1/s1. The molecule has 27 heavy (non-hydrogen) atoms. The molecule has 152 valence electrons. The number of nitrogens with one attached hydrogen (secondary N) is 2. The summed E-state index contributed by atoms with van der Waals surface area (Å²) in [6, 6.07) is 7.03. The molecule has 9 heteroatoms. The van der Waals surface area contributed by atoms with E-state index in [-0.39, 0.29) is 6.10 Å². The van der Waals surface area contributed by atoms with Crippen LogP contribution in [0.2, 0.25) is 0 Å². The lowest BCUT2D eigenvalue weighted by Gasteiger charge is -2.40. The number of hydrogen-bond donors (Lipinski definition) is 7. The van der Waals surface area contributed by atoms with Gasteiger partial charge in [0.15, 0.2) is 12.5 Å². The molecule has 0 amide bonds. The Morgan fingerprint density at radius 2 is 1.33 bits per heavy atom. The predicted octanol–water partition coefficient (Wildman–Crippen LogP) is -0.805. The van der Waals surface area contributed by atoms with Crippen LogP contribution in [0.15, 0.2) is 24.3 Å². The molecule has 2 aliphatic rings. The van der Waals surface area contributed by atoms with E-state index in [9.17, 15) is 25.5 Å². The van der Waals surface area contributed by atoms with Crippen molar-refractivity contribution in [3.63, 3.8) is 0 Å². The van der Waals surface area contributed by atoms with Crippen LogP contribution in [0.5, 0.6) is 0 Å². The number of rotatable bonds is 4. The van der Waals surface area contributed by atoms with Crippen molar-refractivity contribution in [2.24, 2.45) is 0 Å². The summed E-state index contributed by atoms with van der Waals surface area (Å²) >= 11 is 0. The Bertz CT molecular complexity index is 633. The van der Waals surface area contributed by atoms with Gasteiger partial charge in [0.05, 0.1) is 29.7 Å². The summed E-state index contributed by atoms with van der Waals surface area (Å²) in [5.74, 6) is 0. The zero-order chi connectivity index (χ0) is 19.7. The Kier molecular flexibility index (Phi) is 6.21. The van der Waals surface area contributed by atoms with Crippen molar-refractivity contribution >= 4 is 11.4 Å². The van der Waals surface area contributed by atoms with E-state index in [0.29, 0.717) is 17.8 Å². The highest BCUT2D eigenvalue weighted by atomic mass is 16.5. The highest BCUT2D eigenvalue weighted by Crippen LogP contribution is 2.29. The number of hydrogen-bond acceptors (Lipinski definition) is 9. The number of anilines is 2. The van der Waals surface area contributed by atoms with Crippen LogP contribution in [0, 0.1) is 0 Å². The molecule has 0 radical (unpaired) electrons. The zero-order valence-electron chi connectivity index (χ0n) is 15.3. The molecular formula is C18H28N2O7. The molecule has 3 rings (SSSR count). The van der Waals surface area contributed by atoms with Gasteiger partial charge in [-0.3, -0.25) is 0 Å². The van der Waals surface area contributed by atoms with Gasteiger partial charge in [0.2, 0.25) is 0 Å². The highest BCUT2D eigenvalue weighted by Gasteiger charge is 2.42. The van der Waals surface area contributed by atoms with Crippen LogP contribution in [0.4, 0.5) is 11.4 Å². The molecule has 7 N–H and O–H groups in total. The molecule has 9 nitrogen and oxygen atoms in total. The van der Waals surface area contributed by atoms with Crippen molar-refractivity contribution in [3.8, 4) is 0 Å². The normalized spacial score (nSPS) is 42.6. The van der Waals surface area contributed by atoms with Gasteiger partial charge in [-0.25, -0.2) is 0 Å². The first-order valence-corrected chi connectivity index (χ1v) is 9.11. The minimum Gasteiger partial charge on any atom is -0.390 e. The summed E-state index contributed by atoms with van der Waals surface area (Å²) in [5, 5.41) is 56.2. The van der Waals surface area contributed by atoms with Crippen LogP contribution in [0.3, 0.4) is 0 Å². The number of ether oxygens (including phenoxy) is 2. The van der Waals surface area contributed by atoms with E-state index >= 15 is 0 Å². The van der Waals surface area contributed by atoms with Gasteiger partial charge in [0.1, 0.15) is 24.4 Å². The number of aliphatic hydroxyl groups is 5. The molecule has 0 aliphatic carbocycles. The van der Waals surface area contributed by atoms with Gasteiger partial charge in [-0.1, -0.05) is 12.1 Å². The largest absolute Gasteiger partial charge is 0.390 e. The van der Waals surface area contributed by atoms with Crippen molar-refractivity contribution in [1.82, 2.24) is 0 Å². The molecular weight excluding hydrogens is 356 g/mol. The Labute approximate surface area is 157 Å². The van der Waals surface area contributed by atoms with Gasteiger partial charge >= 0.3 is 0 Å². The van der Waals surface area contributed by atoms with Crippen molar-refractivity contribution in [2.75, 3.05) is 10.6 Å². The Balaban J connectivity index is 1.74. The summed E-state index contributed by atoms with van der Waals surface area (Å²) in [4.78, 5) is 0. The van der Waals surface area contributed by atoms with E-state index in [4.69, 9.17) is 9.47 Å². The fourth-order valence-electron chi connectivity index (χ4n) is 3.40. The number of para-hydroxylation sites is 2. The van der Waals surface area contributed by atoms with Crippen molar-refractivity contribution in [2.45, 2.75) is 75.5 Å². The van der Waals surface area contributed by atoms with Crippen LogP contribution in [0.25, 0.3) is 0 Å². The van der Waals surface area contributed by atoms with Gasteiger partial charge in [0.25, 0.3) is 0 Å². The number of benzene rings is 1. The Hall–Kier alpha value is -1.46. The Morgan fingerprint density at radius 3 is 1.93 bits per heavy atom. The second kappa shape index (κ2) is 8.27. The van der Waals surface area contributed by atoms with E-state index < -0.39 is 49.1 Å². The fourth-order valence-corrected chi connectivity index (χ4v) is 3.40. The Morgan fingerprint density at radius 1 is 0.778 bits per heavy atom. The van der Waals surface area contributed by atoms with Gasteiger partial charge < -0.3 is 45.6 Å². The van der Waals surface area contributed by atoms with Crippen molar-refractivity contribution in [1.29, 1.82) is 0 Å². The van der Waals surface area contributed by atoms with Crippen LogP contribution in [-0.2, 0) is 9.47 Å². The molecule has 1 aromatic carbocycles. The lowest BCUT2D eigenvalue weighted by atomic mass is 9.99. The maximum Gasteiger partial charge on any atom is 0.157 e. The molecule has 0 bridgehead atoms. The molecule has 2 heterocycles. The average molecular weight is 384 g/mol. The lowest BCUT2D eigenvalue weighted by Crippen LogP contribution is -2.58. The molecule has 2 saturated heterocycles. The van der Waals surface area contributed by atoms with Crippen molar-refractivity contribution < 1.29 is 35.0 Å². The van der Waals surface area contributed by atoms with E-state index in [1.165, 1.54) is 0 Å². The maximum absolute atomic E-state index is 10.2. The molecule has 0 unspecified atom stereocenters. The summed E-state index contributed by atoms with van der Waals surface area (Å²) in [6.07, 6.45) is -8.14. The van der Waals surface area contributed by atoms with E-state index in [0.717, 1.165) is 0 Å². The van der Waals surface area contributed by atoms with Gasteiger partial charge in [-0.05, 0) is 26.0 Å². The summed E-state index contributed by atoms with van der Waals surface area (Å²) in [5.41, 5.74) is 1.10. The van der Waals surface area contributed by atoms with E-state index in [1.54, 1.807) is 31.2 Å². The van der Waals surface area contributed by atoms with Crippen LogP contribution in [0.1, 0.15) is 20.3 Å². The van der Waals surface area contributed by atoms with E-state index in [2.05, 4.69) is 10.6 Å². The molecule has 9 atom stereocenters.